The summed E-state index contributed by atoms with van der Waals surface area (Å²) in [6.45, 7) is 4.94. The summed E-state index contributed by atoms with van der Waals surface area (Å²) in [6.07, 6.45) is 4.23. The molecule has 1 N–H and O–H groups in total. The Morgan fingerprint density at radius 1 is 1.47 bits per heavy atom. The molecule has 0 aliphatic heterocycles. The van der Waals surface area contributed by atoms with Crippen molar-refractivity contribution in [2.45, 2.75) is 39.5 Å². The van der Waals surface area contributed by atoms with Crippen molar-refractivity contribution in [2.24, 2.45) is 0 Å². The molecule has 0 bridgehead atoms. The van der Waals surface area contributed by atoms with Crippen LogP contribution in [-0.4, -0.2) is 17.4 Å². The third-order valence-corrected chi connectivity index (χ3v) is 3.12. The van der Waals surface area contributed by atoms with Crippen LogP contribution in [0.2, 0.25) is 0 Å². The van der Waals surface area contributed by atoms with Gasteiger partial charge in [0.15, 0.2) is 0 Å². The van der Waals surface area contributed by atoms with Gasteiger partial charge in [-0.2, -0.15) is 0 Å². The molecule has 0 atom stereocenters. The van der Waals surface area contributed by atoms with Gasteiger partial charge in [-0.15, -0.1) is 11.3 Å². The second kappa shape index (κ2) is 6.56. The Morgan fingerprint density at radius 2 is 2.27 bits per heavy atom. The van der Waals surface area contributed by atoms with Gasteiger partial charge in [-0.3, -0.25) is 4.79 Å². The van der Waals surface area contributed by atoms with Gasteiger partial charge in [0.1, 0.15) is 4.88 Å². The molecule has 0 aliphatic carbocycles. The van der Waals surface area contributed by atoms with E-state index in [1.165, 1.54) is 24.2 Å². The number of nitrogens with one attached hydrogen (secondary N) is 1. The lowest BCUT2D eigenvalue weighted by Gasteiger charge is -2.03. The molecule has 0 aliphatic rings. The standard InChI is InChI=1S/C11H18N2OS/c1-3-5-6-7-12-11(14)10-9(4-2)13-8-15-10/h8H,3-7H2,1-2H3,(H,12,14). The van der Waals surface area contributed by atoms with Crippen LogP contribution in [0.4, 0.5) is 0 Å². The number of rotatable bonds is 6. The molecule has 0 aromatic carbocycles. The summed E-state index contributed by atoms with van der Waals surface area (Å²) in [5.41, 5.74) is 2.65. The van der Waals surface area contributed by atoms with Gasteiger partial charge in [0.05, 0.1) is 11.2 Å². The largest absolute Gasteiger partial charge is 0.351 e. The van der Waals surface area contributed by atoms with Crippen molar-refractivity contribution in [3.05, 3.63) is 16.1 Å². The van der Waals surface area contributed by atoms with Gasteiger partial charge < -0.3 is 5.32 Å². The monoisotopic (exact) mass is 226 g/mol. The number of hydrogen-bond donors (Lipinski definition) is 1. The average molecular weight is 226 g/mol. The summed E-state index contributed by atoms with van der Waals surface area (Å²) in [5, 5.41) is 2.93. The van der Waals surface area contributed by atoms with Crippen LogP contribution in [0.5, 0.6) is 0 Å². The fraction of sp³-hybridized carbons (Fsp3) is 0.636. The molecule has 1 amide bonds. The highest BCUT2D eigenvalue weighted by Gasteiger charge is 2.12. The van der Waals surface area contributed by atoms with E-state index in [9.17, 15) is 4.79 Å². The summed E-state index contributed by atoms with van der Waals surface area (Å²) in [7, 11) is 0. The number of hydrogen-bond acceptors (Lipinski definition) is 3. The van der Waals surface area contributed by atoms with Crippen LogP contribution < -0.4 is 5.32 Å². The molecule has 4 heteroatoms. The number of thiazole rings is 1. The van der Waals surface area contributed by atoms with E-state index in [0.717, 1.165) is 30.0 Å². The van der Waals surface area contributed by atoms with Crippen molar-refractivity contribution in [3.8, 4) is 0 Å². The maximum absolute atomic E-state index is 11.7. The van der Waals surface area contributed by atoms with Crippen molar-refractivity contribution >= 4 is 17.2 Å². The molecule has 0 radical (unpaired) electrons. The van der Waals surface area contributed by atoms with Gasteiger partial charge in [0.2, 0.25) is 0 Å². The lowest BCUT2D eigenvalue weighted by atomic mass is 10.2. The number of aryl methyl sites for hydroxylation is 1. The van der Waals surface area contributed by atoms with Gasteiger partial charge in [0, 0.05) is 6.54 Å². The molecule has 0 spiro atoms. The maximum atomic E-state index is 11.7. The Labute approximate surface area is 94.9 Å². The summed E-state index contributed by atoms with van der Waals surface area (Å²) >= 11 is 1.42. The molecular weight excluding hydrogens is 208 g/mol. The molecule has 1 aromatic heterocycles. The van der Waals surface area contributed by atoms with Crippen LogP contribution in [-0.2, 0) is 6.42 Å². The van der Waals surface area contributed by atoms with Crippen LogP contribution in [0, 0.1) is 0 Å². The fourth-order valence-electron chi connectivity index (χ4n) is 1.36. The highest BCUT2D eigenvalue weighted by atomic mass is 32.1. The van der Waals surface area contributed by atoms with Crippen molar-refractivity contribution in [1.29, 1.82) is 0 Å². The third-order valence-electron chi connectivity index (χ3n) is 2.25. The first-order chi connectivity index (χ1) is 7.29. The predicted octanol–water partition coefficient (Wildman–Crippen LogP) is 2.63. The minimum absolute atomic E-state index is 0.0328. The van der Waals surface area contributed by atoms with Crippen LogP contribution >= 0.6 is 11.3 Å². The molecular formula is C11H18N2OS. The van der Waals surface area contributed by atoms with Gasteiger partial charge in [-0.1, -0.05) is 26.7 Å². The Kier molecular flexibility index (Phi) is 5.32. The smallest absolute Gasteiger partial charge is 0.263 e. The zero-order chi connectivity index (χ0) is 11.1. The Hall–Kier alpha value is -0.900. The van der Waals surface area contributed by atoms with E-state index < -0.39 is 0 Å². The molecule has 0 saturated heterocycles. The second-order valence-electron chi connectivity index (χ2n) is 3.44. The number of aromatic nitrogens is 1. The van der Waals surface area contributed by atoms with E-state index in [0.29, 0.717) is 0 Å². The molecule has 84 valence electrons. The molecule has 15 heavy (non-hydrogen) atoms. The number of carbonyl (C=O) groups is 1. The van der Waals surface area contributed by atoms with E-state index >= 15 is 0 Å². The van der Waals surface area contributed by atoms with Crippen molar-refractivity contribution in [1.82, 2.24) is 10.3 Å². The lowest BCUT2D eigenvalue weighted by Crippen LogP contribution is -2.24. The molecule has 3 nitrogen and oxygen atoms in total. The number of unbranched alkanes of at least 4 members (excludes halogenated alkanes) is 2. The minimum Gasteiger partial charge on any atom is -0.351 e. The van der Waals surface area contributed by atoms with Crippen molar-refractivity contribution < 1.29 is 4.79 Å². The first-order valence-electron chi connectivity index (χ1n) is 5.50. The van der Waals surface area contributed by atoms with Gasteiger partial charge in [-0.05, 0) is 12.8 Å². The van der Waals surface area contributed by atoms with Gasteiger partial charge in [-0.25, -0.2) is 4.98 Å². The quantitative estimate of drug-likeness (QED) is 0.758. The highest BCUT2D eigenvalue weighted by molar-refractivity contribution is 7.11. The zero-order valence-corrected chi connectivity index (χ0v) is 10.2. The van der Waals surface area contributed by atoms with E-state index in [-0.39, 0.29) is 5.91 Å². The molecule has 1 heterocycles. The average Bonchev–Trinajstić information content (AvgIpc) is 2.72. The summed E-state index contributed by atoms with van der Waals surface area (Å²) in [5.74, 6) is 0.0328. The van der Waals surface area contributed by atoms with Crippen LogP contribution in [0.1, 0.15) is 48.5 Å². The van der Waals surface area contributed by atoms with Crippen LogP contribution in [0.15, 0.2) is 5.51 Å². The second-order valence-corrected chi connectivity index (χ2v) is 4.30. The minimum atomic E-state index is 0.0328. The number of nitrogens with zero attached hydrogens (tertiary/aromatic N) is 1. The number of amides is 1. The fourth-order valence-corrected chi connectivity index (χ4v) is 2.16. The van der Waals surface area contributed by atoms with E-state index in [2.05, 4.69) is 17.2 Å². The lowest BCUT2D eigenvalue weighted by molar-refractivity contribution is 0.0956. The predicted molar refractivity (Wildman–Crippen MR) is 63.4 cm³/mol. The SMILES string of the molecule is CCCCCNC(=O)c1scnc1CC. The summed E-state index contributed by atoms with van der Waals surface area (Å²) in [4.78, 5) is 16.6. The zero-order valence-electron chi connectivity index (χ0n) is 9.38. The van der Waals surface area contributed by atoms with Crippen LogP contribution in [0.3, 0.4) is 0 Å². The number of carbonyl (C=O) groups excluding carboxylic acids is 1. The first kappa shape index (κ1) is 12.2. The van der Waals surface area contributed by atoms with E-state index in [1.54, 1.807) is 5.51 Å². The van der Waals surface area contributed by atoms with Crippen molar-refractivity contribution in [2.75, 3.05) is 6.54 Å². The third kappa shape index (κ3) is 3.63. The summed E-state index contributed by atoms with van der Waals surface area (Å²) in [6, 6.07) is 0. The normalized spacial score (nSPS) is 10.3. The molecule has 0 fully saturated rings. The highest BCUT2D eigenvalue weighted by Crippen LogP contribution is 2.13. The van der Waals surface area contributed by atoms with Gasteiger partial charge >= 0.3 is 0 Å². The van der Waals surface area contributed by atoms with Gasteiger partial charge in [0.25, 0.3) is 5.91 Å². The van der Waals surface area contributed by atoms with E-state index in [4.69, 9.17) is 0 Å². The topological polar surface area (TPSA) is 42.0 Å². The van der Waals surface area contributed by atoms with E-state index in [1.807, 2.05) is 6.92 Å². The Balaban J connectivity index is 2.40. The van der Waals surface area contributed by atoms with Crippen molar-refractivity contribution in [3.63, 3.8) is 0 Å². The Bertz CT molecular complexity index is 309. The molecule has 1 aromatic rings. The Morgan fingerprint density at radius 3 is 2.93 bits per heavy atom. The summed E-state index contributed by atoms with van der Waals surface area (Å²) < 4.78 is 0. The molecule has 0 unspecified atom stereocenters. The first-order valence-corrected chi connectivity index (χ1v) is 6.38. The molecule has 1 rings (SSSR count). The molecule has 0 saturated carbocycles. The maximum Gasteiger partial charge on any atom is 0.263 e. The van der Waals surface area contributed by atoms with Crippen LogP contribution in [0.25, 0.3) is 0 Å².